The molecule has 0 bridgehead atoms. The van der Waals surface area contributed by atoms with Crippen LogP contribution in [0, 0.1) is 0 Å². The average Bonchev–Trinajstić information content (AvgIpc) is 3.41. The second-order valence-corrected chi connectivity index (χ2v) is 10.3. The van der Waals surface area contributed by atoms with Gasteiger partial charge in [0.15, 0.2) is 5.82 Å². The highest BCUT2D eigenvalue weighted by Gasteiger charge is 2.35. The van der Waals surface area contributed by atoms with Crippen LogP contribution in [0.5, 0.6) is 5.75 Å². The Balaban J connectivity index is 1.52. The van der Waals surface area contributed by atoms with Gasteiger partial charge in [-0.2, -0.15) is 0 Å². The van der Waals surface area contributed by atoms with Crippen LogP contribution in [0.1, 0.15) is 50.2 Å². The lowest BCUT2D eigenvalue weighted by Crippen LogP contribution is -2.49. The zero-order chi connectivity index (χ0) is 26.0. The number of rotatable bonds is 8. The van der Waals surface area contributed by atoms with Gasteiger partial charge in [0.25, 0.3) is 5.56 Å². The SMILES string of the molecule is CCC(C)(C)n1nnnc1[C@@H](c1cc2ccc(OC)cc2[nH]c1=O)N1CCN(Cc2ccccc2)CC1. The number of H-pyrrole nitrogens is 1. The maximum absolute atomic E-state index is 13.5. The number of piperazine rings is 1. The number of aromatic nitrogens is 5. The van der Waals surface area contributed by atoms with Gasteiger partial charge in [0.05, 0.1) is 18.2 Å². The maximum Gasteiger partial charge on any atom is 0.253 e. The largest absolute Gasteiger partial charge is 0.497 e. The number of benzene rings is 2. The Labute approximate surface area is 217 Å². The van der Waals surface area contributed by atoms with Crippen molar-refractivity contribution in [3.8, 4) is 5.75 Å². The first-order chi connectivity index (χ1) is 17.9. The van der Waals surface area contributed by atoms with Gasteiger partial charge < -0.3 is 9.72 Å². The monoisotopic (exact) mass is 501 g/mol. The van der Waals surface area contributed by atoms with Gasteiger partial charge in [-0.25, -0.2) is 4.68 Å². The van der Waals surface area contributed by atoms with Crippen LogP contribution in [0.3, 0.4) is 0 Å². The van der Waals surface area contributed by atoms with Crippen LogP contribution < -0.4 is 10.3 Å². The van der Waals surface area contributed by atoms with Crippen molar-refractivity contribution >= 4 is 10.9 Å². The predicted molar refractivity (Wildman–Crippen MR) is 144 cm³/mol. The van der Waals surface area contributed by atoms with Crippen LogP contribution in [0.25, 0.3) is 10.9 Å². The van der Waals surface area contributed by atoms with Crippen molar-refractivity contribution in [1.82, 2.24) is 35.0 Å². The van der Waals surface area contributed by atoms with Crippen LogP contribution in [0.2, 0.25) is 0 Å². The number of nitrogens with zero attached hydrogens (tertiary/aromatic N) is 6. The Morgan fingerprint density at radius 1 is 1.05 bits per heavy atom. The van der Waals surface area contributed by atoms with Crippen molar-refractivity contribution in [1.29, 1.82) is 0 Å². The fraction of sp³-hybridized carbons (Fsp3) is 0.429. The van der Waals surface area contributed by atoms with Gasteiger partial charge in [0.2, 0.25) is 0 Å². The molecule has 9 heteroatoms. The molecule has 3 heterocycles. The van der Waals surface area contributed by atoms with E-state index in [0.717, 1.165) is 50.0 Å². The standard InChI is InChI=1S/C28H35N7O2/c1-5-28(2,3)35-26(30-31-32-35)25(23-17-21-11-12-22(37-4)18-24(21)29-27(23)36)34-15-13-33(14-16-34)19-20-9-7-6-8-10-20/h6-12,17-18,25H,5,13-16,19H2,1-4H3,(H,29,36)/t25-/m1/s1. The van der Waals surface area contributed by atoms with E-state index in [-0.39, 0.29) is 17.1 Å². The van der Waals surface area contributed by atoms with Crippen LogP contribution in [0.15, 0.2) is 59.4 Å². The van der Waals surface area contributed by atoms with Crippen molar-refractivity contribution < 1.29 is 4.74 Å². The molecular formula is C28H35N7O2. The molecule has 0 radical (unpaired) electrons. The van der Waals surface area contributed by atoms with E-state index >= 15 is 0 Å². The third-order valence-electron chi connectivity index (χ3n) is 7.57. The van der Waals surface area contributed by atoms with Crippen molar-refractivity contribution in [3.05, 3.63) is 81.9 Å². The third kappa shape index (κ3) is 5.14. The normalized spacial score (nSPS) is 16.2. The number of pyridine rings is 1. The number of nitrogens with one attached hydrogen (secondary N) is 1. The molecule has 1 saturated heterocycles. The van der Waals surface area contributed by atoms with Crippen LogP contribution >= 0.6 is 0 Å². The lowest BCUT2D eigenvalue weighted by Gasteiger charge is -2.39. The number of ether oxygens (including phenoxy) is 1. The molecule has 5 rings (SSSR count). The number of tetrazole rings is 1. The summed E-state index contributed by atoms with van der Waals surface area (Å²) in [6.07, 6.45) is 0.858. The summed E-state index contributed by atoms with van der Waals surface area (Å²) in [5.41, 5.74) is 2.28. The average molecular weight is 502 g/mol. The highest BCUT2D eigenvalue weighted by Crippen LogP contribution is 2.31. The van der Waals surface area contributed by atoms with Gasteiger partial charge >= 0.3 is 0 Å². The Morgan fingerprint density at radius 2 is 1.81 bits per heavy atom. The molecule has 2 aromatic heterocycles. The van der Waals surface area contributed by atoms with Crippen LogP contribution in [0.4, 0.5) is 0 Å². The maximum atomic E-state index is 13.5. The predicted octanol–water partition coefficient (Wildman–Crippen LogP) is 3.58. The Kier molecular flexibility index (Phi) is 7.08. The fourth-order valence-electron chi connectivity index (χ4n) is 4.99. The minimum absolute atomic E-state index is 0.138. The van der Waals surface area contributed by atoms with Crippen molar-refractivity contribution in [2.45, 2.75) is 45.3 Å². The quantitative estimate of drug-likeness (QED) is 0.395. The van der Waals surface area contributed by atoms with Crippen LogP contribution in [-0.4, -0.2) is 68.3 Å². The van der Waals surface area contributed by atoms with E-state index < -0.39 is 0 Å². The van der Waals surface area contributed by atoms with E-state index in [2.05, 4.69) is 75.3 Å². The summed E-state index contributed by atoms with van der Waals surface area (Å²) in [5, 5.41) is 13.9. The minimum Gasteiger partial charge on any atom is -0.497 e. The molecule has 37 heavy (non-hydrogen) atoms. The first-order valence-electron chi connectivity index (χ1n) is 12.9. The Morgan fingerprint density at radius 3 is 2.51 bits per heavy atom. The van der Waals surface area contributed by atoms with Crippen LogP contribution in [-0.2, 0) is 12.1 Å². The van der Waals surface area contributed by atoms with E-state index in [4.69, 9.17) is 4.74 Å². The third-order valence-corrected chi connectivity index (χ3v) is 7.57. The summed E-state index contributed by atoms with van der Waals surface area (Å²) in [6.45, 7) is 10.7. The second kappa shape index (κ2) is 10.4. The van der Waals surface area contributed by atoms with Gasteiger partial charge in [-0.05, 0) is 59.8 Å². The zero-order valence-corrected chi connectivity index (χ0v) is 22.0. The highest BCUT2D eigenvalue weighted by atomic mass is 16.5. The van der Waals surface area contributed by atoms with Gasteiger partial charge in [0.1, 0.15) is 11.8 Å². The van der Waals surface area contributed by atoms with Gasteiger partial charge in [-0.15, -0.1) is 5.10 Å². The molecule has 1 N–H and O–H groups in total. The molecule has 0 aliphatic carbocycles. The number of fused-ring (bicyclic) bond motifs is 1. The van der Waals surface area contributed by atoms with E-state index in [0.29, 0.717) is 17.1 Å². The van der Waals surface area contributed by atoms with Crippen molar-refractivity contribution in [2.24, 2.45) is 0 Å². The molecule has 1 aliphatic heterocycles. The highest BCUT2D eigenvalue weighted by molar-refractivity contribution is 5.80. The first-order valence-corrected chi connectivity index (χ1v) is 12.9. The second-order valence-electron chi connectivity index (χ2n) is 10.3. The number of methoxy groups -OCH3 is 1. The molecule has 0 saturated carbocycles. The van der Waals surface area contributed by atoms with E-state index in [1.165, 1.54) is 5.56 Å². The zero-order valence-electron chi connectivity index (χ0n) is 22.0. The molecule has 194 valence electrons. The van der Waals surface area contributed by atoms with Gasteiger partial charge in [-0.1, -0.05) is 37.3 Å². The molecule has 9 nitrogen and oxygen atoms in total. The Bertz CT molecular complexity index is 1410. The molecule has 1 aliphatic rings. The smallest absolute Gasteiger partial charge is 0.253 e. The lowest BCUT2D eigenvalue weighted by molar-refractivity contribution is 0.0968. The summed E-state index contributed by atoms with van der Waals surface area (Å²) in [7, 11) is 1.62. The van der Waals surface area contributed by atoms with E-state index in [1.807, 2.05) is 35.0 Å². The van der Waals surface area contributed by atoms with Gasteiger partial charge in [0, 0.05) is 44.4 Å². The summed E-state index contributed by atoms with van der Waals surface area (Å²) in [6, 6.07) is 17.9. The number of hydrogen-bond acceptors (Lipinski definition) is 7. The first kappa shape index (κ1) is 25.1. The molecular weight excluding hydrogens is 466 g/mol. The molecule has 1 atom stereocenters. The molecule has 0 spiro atoms. The summed E-state index contributed by atoms with van der Waals surface area (Å²) in [5.74, 6) is 1.40. The lowest BCUT2D eigenvalue weighted by atomic mass is 9.99. The molecule has 0 unspecified atom stereocenters. The van der Waals surface area contributed by atoms with E-state index in [9.17, 15) is 4.79 Å². The summed E-state index contributed by atoms with van der Waals surface area (Å²) in [4.78, 5) is 21.4. The van der Waals surface area contributed by atoms with Crippen molar-refractivity contribution in [2.75, 3.05) is 33.3 Å². The number of hydrogen-bond donors (Lipinski definition) is 1. The number of aromatic amines is 1. The molecule has 0 amide bonds. The molecule has 1 fully saturated rings. The van der Waals surface area contributed by atoms with E-state index in [1.54, 1.807) is 7.11 Å². The summed E-state index contributed by atoms with van der Waals surface area (Å²) >= 11 is 0. The Hall–Kier alpha value is -3.56. The summed E-state index contributed by atoms with van der Waals surface area (Å²) < 4.78 is 7.24. The minimum atomic E-state index is -0.366. The van der Waals surface area contributed by atoms with Crippen molar-refractivity contribution in [3.63, 3.8) is 0 Å². The topological polar surface area (TPSA) is 92.2 Å². The molecule has 2 aromatic carbocycles. The molecule has 4 aromatic rings. The van der Waals surface area contributed by atoms with Gasteiger partial charge in [-0.3, -0.25) is 14.6 Å². The fourth-order valence-corrected chi connectivity index (χ4v) is 4.99.